The summed E-state index contributed by atoms with van der Waals surface area (Å²) in [6.07, 6.45) is -0.235. The molecule has 146 valence electrons. The molecule has 0 saturated carbocycles. The molecule has 0 unspecified atom stereocenters. The summed E-state index contributed by atoms with van der Waals surface area (Å²) in [5, 5.41) is 8.99. The Labute approximate surface area is 155 Å². The number of rotatable bonds is 7. The number of carbonyl (C=O) groups is 1. The molecule has 1 aliphatic rings. The third-order valence-corrected chi connectivity index (χ3v) is 6.87. The van der Waals surface area contributed by atoms with Crippen LogP contribution in [0.25, 0.3) is 0 Å². The van der Waals surface area contributed by atoms with Crippen molar-refractivity contribution in [3.63, 3.8) is 0 Å². The fraction of sp³-hybridized carbons (Fsp3) is 0.611. The predicted octanol–water partition coefficient (Wildman–Crippen LogP) is 1.53. The number of hydrogen-bond acceptors (Lipinski definition) is 5. The summed E-state index contributed by atoms with van der Waals surface area (Å²) in [4.78, 5) is 13.1. The zero-order chi connectivity index (χ0) is 19.6. The third-order valence-electron chi connectivity index (χ3n) is 5.02. The summed E-state index contributed by atoms with van der Waals surface area (Å²) in [5.41, 5.74) is 0.431. The third kappa shape index (κ3) is 4.19. The van der Waals surface area contributed by atoms with Gasteiger partial charge in [0.15, 0.2) is 0 Å². The van der Waals surface area contributed by atoms with Crippen LogP contribution in [0.1, 0.15) is 19.4 Å². The van der Waals surface area contributed by atoms with E-state index >= 15 is 0 Å². The van der Waals surface area contributed by atoms with Crippen molar-refractivity contribution < 1.29 is 23.1 Å². The first-order valence-corrected chi connectivity index (χ1v) is 10.1. The Morgan fingerprint density at radius 3 is 2.46 bits per heavy atom. The van der Waals surface area contributed by atoms with Crippen LogP contribution in [0.3, 0.4) is 0 Å². The van der Waals surface area contributed by atoms with E-state index in [1.165, 1.54) is 23.5 Å². The minimum atomic E-state index is -3.78. The smallest absolute Gasteiger partial charge is 0.307 e. The first-order valence-electron chi connectivity index (χ1n) is 8.63. The van der Waals surface area contributed by atoms with Crippen molar-refractivity contribution in [2.45, 2.75) is 31.2 Å². The molecule has 8 heteroatoms. The molecular formula is C18H28N2O5S. The van der Waals surface area contributed by atoms with Gasteiger partial charge in [-0.25, -0.2) is 8.42 Å². The molecule has 0 aromatic heterocycles. The molecule has 0 spiro atoms. The average Bonchev–Trinajstić information content (AvgIpc) is 3.01. The van der Waals surface area contributed by atoms with E-state index in [1.807, 2.05) is 14.1 Å². The van der Waals surface area contributed by atoms with Crippen LogP contribution in [0.15, 0.2) is 23.1 Å². The molecule has 1 aliphatic heterocycles. The summed E-state index contributed by atoms with van der Waals surface area (Å²) in [6.45, 7) is 5.05. The van der Waals surface area contributed by atoms with Gasteiger partial charge in [-0.05, 0) is 43.6 Å². The van der Waals surface area contributed by atoms with Gasteiger partial charge in [0.25, 0.3) is 0 Å². The lowest BCUT2D eigenvalue weighted by molar-refractivity contribution is -0.136. The second-order valence-electron chi connectivity index (χ2n) is 7.32. The lowest BCUT2D eigenvalue weighted by Gasteiger charge is -2.27. The lowest BCUT2D eigenvalue weighted by Crippen LogP contribution is -2.37. The molecule has 26 heavy (non-hydrogen) atoms. The molecule has 0 radical (unpaired) electrons. The first kappa shape index (κ1) is 20.7. The molecular weight excluding hydrogens is 356 g/mol. The molecule has 1 aromatic carbocycles. The largest absolute Gasteiger partial charge is 0.495 e. The Balaban J connectivity index is 2.42. The van der Waals surface area contributed by atoms with Gasteiger partial charge in [-0.15, -0.1) is 0 Å². The van der Waals surface area contributed by atoms with E-state index in [2.05, 4.69) is 18.7 Å². The van der Waals surface area contributed by atoms with Crippen LogP contribution in [0.5, 0.6) is 5.75 Å². The van der Waals surface area contributed by atoms with E-state index in [1.54, 1.807) is 6.07 Å². The van der Waals surface area contributed by atoms with E-state index in [4.69, 9.17) is 9.84 Å². The van der Waals surface area contributed by atoms with Gasteiger partial charge in [0.2, 0.25) is 10.0 Å². The van der Waals surface area contributed by atoms with E-state index < -0.39 is 16.0 Å². The number of carboxylic acid groups (broad SMARTS) is 1. The highest BCUT2D eigenvalue weighted by Gasteiger charge is 2.42. The Bertz CT molecular complexity index is 745. The molecule has 1 aromatic rings. The molecule has 0 amide bonds. The molecule has 1 saturated heterocycles. The molecule has 0 aliphatic carbocycles. The zero-order valence-corrected chi connectivity index (χ0v) is 16.8. The number of aliphatic carboxylic acids is 1. The fourth-order valence-electron chi connectivity index (χ4n) is 3.52. The normalized spacial score (nSPS) is 21.5. The highest BCUT2D eigenvalue weighted by Crippen LogP contribution is 2.34. The number of methoxy groups -OCH3 is 1. The van der Waals surface area contributed by atoms with Crippen LogP contribution in [-0.4, -0.2) is 69.0 Å². The summed E-state index contributed by atoms with van der Waals surface area (Å²) in [7, 11) is 1.55. The van der Waals surface area contributed by atoms with E-state index in [9.17, 15) is 13.2 Å². The minimum Gasteiger partial charge on any atom is -0.495 e. The Morgan fingerprint density at radius 2 is 2.00 bits per heavy atom. The van der Waals surface area contributed by atoms with Gasteiger partial charge in [-0.3, -0.25) is 4.79 Å². The highest BCUT2D eigenvalue weighted by molar-refractivity contribution is 7.89. The van der Waals surface area contributed by atoms with Crippen LogP contribution in [0.2, 0.25) is 0 Å². The molecule has 1 fully saturated rings. The van der Waals surface area contributed by atoms with Crippen molar-refractivity contribution in [3.8, 4) is 5.75 Å². The highest BCUT2D eigenvalue weighted by atomic mass is 32.2. The van der Waals surface area contributed by atoms with Crippen LogP contribution in [-0.2, 0) is 21.2 Å². The second kappa shape index (κ2) is 7.94. The quantitative estimate of drug-likeness (QED) is 0.767. The van der Waals surface area contributed by atoms with Gasteiger partial charge >= 0.3 is 5.97 Å². The Morgan fingerprint density at radius 1 is 1.35 bits per heavy atom. The van der Waals surface area contributed by atoms with Gasteiger partial charge in [0.05, 0.1) is 13.5 Å². The summed E-state index contributed by atoms with van der Waals surface area (Å²) in [6, 6.07) is 4.65. The fourth-order valence-corrected chi connectivity index (χ4v) is 5.22. The van der Waals surface area contributed by atoms with Crippen molar-refractivity contribution in [2.24, 2.45) is 11.8 Å². The number of benzene rings is 1. The van der Waals surface area contributed by atoms with Gasteiger partial charge in [0, 0.05) is 19.1 Å². The Kier molecular flexibility index (Phi) is 6.31. The van der Waals surface area contributed by atoms with Crippen molar-refractivity contribution >= 4 is 16.0 Å². The van der Waals surface area contributed by atoms with Crippen LogP contribution < -0.4 is 4.74 Å². The second-order valence-corrected chi connectivity index (χ2v) is 9.22. The van der Waals surface area contributed by atoms with Crippen LogP contribution in [0, 0.1) is 11.8 Å². The number of nitrogens with zero attached hydrogens (tertiary/aromatic N) is 2. The molecule has 2 atom stereocenters. The maximum absolute atomic E-state index is 13.3. The van der Waals surface area contributed by atoms with Crippen molar-refractivity contribution in [1.29, 1.82) is 0 Å². The molecule has 0 bridgehead atoms. The molecule has 1 N–H and O–H groups in total. The van der Waals surface area contributed by atoms with Crippen molar-refractivity contribution in [1.82, 2.24) is 9.21 Å². The predicted molar refractivity (Wildman–Crippen MR) is 98.9 cm³/mol. The van der Waals surface area contributed by atoms with Gasteiger partial charge in [-0.1, -0.05) is 19.9 Å². The first-order chi connectivity index (χ1) is 12.1. The SMILES string of the molecule is COc1ccc(CC(=O)O)cc1S(=O)(=O)N1C[C@@H](N(C)C)[C@H](C(C)C)C1. The zero-order valence-electron chi connectivity index (χ0n) is 16.0. The monoisotopic (exact) mass is 384 g/mol. The number of sulfonamides is 1. The topological polar surface area (TPSA) is 87.1 Å². The van der Waals surface area contributed by atoms with Gasteiger partial charge in [0.1, 0.15) is 10.6 Å². The van der Waals surface area contributed by atoms with Crippen molar-refractivity contribution in [2.75, 3.05) is 34.3 Å². The molecule has 2 rings (SSSR count). The van der Waals surface area contributed by atoms with Gasteiger partial charge < -0.3 is 14.7 Å². The van der Waals surface area contributed by atoms with E-state index in [0.29, 0.717) is 24.6 Å². The van der Waals surface area contributed by atoms with Crippen LogP contribution >= 0.6 is 0 Å². The summed E-state index contributed by atoms with van der Waals surface area (Å²) in [5.74, 6) is -0.198. The average molecular weight is 384 g/mol. The number of likely N-dealkylation sites (N-methyl/N-ethyl adjacent to an activating group) is 1. The summed E-state index contributed by atoms with van der Waals surface area (Å²) >= 11 is 0. The van der Waals surface area contributed by atoms with Gasteiger partial charge in [-0.2, -0.15) is 4.31 Å². The number of ether oxygens (including phenoxy) is 1. The van der Waals surface area contributed by atoms with E-state index in [0.717, 1.165) is 0 Å². The number of hydrogen-bond donors (Lipinski definition) is 1. The molecule has 1 heterocycles. The molecule has 7 nitrogen and oxygen atoms in total. The van der Waals surface area contributed by atoms with Crippen LogP contribution in [0.4, 0.5) is 0 Å². The maximum atomic E-state index is 13.3. The minimum absolute atomic E-state index is 0.0284. The van der Waals surface area contributed by atoms with E-state index in [-0.39, 0.29) is 29.0 Å². The lowest BCUT2D eigenvalue weighted by atomic mass is 9.91. The Hall–Kier alpha value is -1.64. The van der Waals surface area contributed by atoms with Crippen molar-refractivity contribution in [3.05, 3.63) is 23.8 Å². The summed E-state index contributed by atoms with van der Waals surface area (Å²) < 4.78 is 33.3. The number of carboxylic acids is 1. The maximum Gasteiger partial charge on any atom is 0.307 e. The standard InChI is InChI=1S/C18H28N2O5S/c1-12(2)14-10-20(11-15(14)19(3)4)26(23,24)17-8-13(9-18(21)22)6-7-16(17)25-5/h6-8,12,14-15H,9-11H2,1-5H3,(H,21,22)/t14-,15+/m0/s1.